The molecule has 0 bridgehead atoms. The van der Waals surface area contributed by atoms with Gasteiger partial charge in [0, 0.05) is 21.9 Å². The Labute approximate surface area is 93.6 Å². The SMILES string of the molecule is O=C([O-])Cc1cc(Cl)cc(Br)c1Cl. The summed E-state index contributed by atoms with van der Waals surface area (Å²) in [6.45, 7) is 0. The summed E-state index contributed by atoms with van der Waals surface area (Å²) in [5.41, 5.74) is 0.445. The summed E-state index contributed by atoms with van der Waals surface area (Å²) in [5, 5.41) is 11.1. The lowest BCUT2D eigenvalue weighted by atomic mass is 10.1. The van der Waals surface area contributed by atoms with Gasteiger partial charge < -0.3 is 9.90 Å². The molecule has 0 N–H and O–H groups in total. The molecule has 0 spiro atoms. The molecule has 0 heterocycles. The van der Waals surface area contributed by atoms with E-state index in [0.29, 0.717) is 20.1 Å². The first-order valence-corrected chi connectivity index (χ1v) is 4.89. The number of carbonyl (C=O) groups is 1. The molecule has 0 amide bonds. The van der Waals surface area contributed by atoms with Crippen LogP contribution in [0.25, 0.3) is 0 Å². The molecule has 13 heavy (non-hydrogen) atoms. The standard InChI is InChI=1S/C8H5BrCl2O2/c9-6-3-5(10)1-4(8(6)11)2-7(12)13/h1,3H,2H2,(H,12,13)/p-1. The maximum absolute atomic E-state index is 10.3. The number of aliphatic carboxylic acids is 1. The lowest BCUT2D eigenvalue weighted by Gasteiger charge is -2.07. The second-order valence-corrected chi connectivity index (χ2v) is 4.08. The van der Waals surface area contributed by atoms with E-state index in [-0.39, 0.29) is 6.42 Å². The second kappa shape index (κ2) is 4.31. The highest BCUT2D eigenvalue weighted by atomic mass is 79.9. The molecule has 0 radical (unpaired) electrons. The third kappa shape index (κ3) is 2.86. The first-order chi connectivity index (χ1) is 6.00. The quantitative estimate of drug-likeness (QED) is 0.779. The average molecular weight is 283 g/mol. The smallest absolute Gasteiger partial charge is 0.0584 e. The molecule has 0 saturated carbocycles. The molecule has 0 aliphatic carbocycles. The third-order valence-corrected chi connectivity index (χ3v) is 2.92. The number of carboxylic acids is 1. The fourth-order valence-electron chi connectivity index (χ4n) is 0.893. The van der Waals surface area contributed by atoms with Gasteiger partial charge in [-0.1, -0.05) is 23.2 Å². The van der Waals surface area contributed by atoms with Crippen molar-refractivity contribution in [2.24, 2.45) is 0 Å². The predicted octanol–water partition coefficient (Wildman–Crippen LogP) is 2.05. The Balaban J connectivity index is 3.12. The Morgan fingerprint density at radius 2 is 2.08 bits per heavy atom. The molecule has 1 aromatic rings. The van der Waals surface area contributed by atoms with Crippen LogP contribution < -0.4 is 5.11 Å². The zero-order valence-electron chi connectivity index (χ0n) is 6.31. The van der Waals surface area contributed by atoms with Gasteiger partial charge in [-0.3, -0.25) is 0 Å². The molecule has 5 heteroatoms. The van der Waals surface area contributed by atoms with Crippen LogP contribution >= 0.6 is 39.1 Å². The van der Waals surface area contributed by atoms with Crippen molar-refractivity contribution < 1.29 is 9.90 Å². The minimum absolute atomic E-state index is 0.238. The second-order valence-electron chi connectivity index (χ2n) is 2.41. The number of rotatable bonds is 2. The Morgan fingerprint density at radius 1 is 1.46 bits per heavy atom. The fourth-order valence-corrected chi connectivity index (χ4v) is 1.94. The van der Waals surface area contributed by atoms with Crippen LogP contribution in [0.4, 0.5) is 0 Å². The molecule has 0 aromatic heterocycles. The van der Waals surface area contributed by atoms with Crippen LogP contribution in [-0.4, -0.2) is 5.97 Å². The number of carbonyl (C=O) groups excluding carboxylic acids is 1. The molecule has 70 valence electrons. The van der Waals surface area contributed by atoms with E-state index in [2.05, 4.69) is 15.9 Å². The van der Waals surface area contributed by atoms with Crippen LogP contribution in [0.15, 0.2) is 16.6 Å². The largest absolute Gasteiger partial charge is 0.550 e. The van der Waals surface area contributed by atoms with Crippen molar-refractivity contribution in [3.8, 4) is 0 Å². The summed E-state index contributed by atoms with van der Waals surface area (Å²) in [6, 6.07) is 3.10. The van der Waals surface area contributed by atoms with Gasteiger partial charge in [0.25, 0.3) is 0 Å². The van der Waals surface area contributed by atoms with Gasteiger partial charge in [-0.05, 0) is 33.6 Å². The summed E-state index contributed by atoms with van der Waals surface area (Å²) in [5.74, 6) is -1.18. The first-order valence-electron chi connectivity index (χ1n) is 3.34. The van der Waals surface area contributed by atoms with Gasteiger partial charge in [-0.15, -0.1) is 0 Å². The van der Waals surface area contributed by atoms with E-state index in [1.807, 2.05) is 0 Å². The Hall–Kier alpha value is -0.250. The van der Waals surface area contributed by atoms with Gasteiger partial charge in [0.15, 0.2) is 0 Å². The number of hydrogen-bond acceptors (Lipinski definition) is 2. The van der Waals surface area contributed by atoms with E-state index in [4.69, 9.17) is 23.2 Å². The number of carboxylic acid groups (broad SMARTS) is 1. The van der Waals surface area contributed by atoms with Gasteiger partial charge in [-0.2, -0.15) is 0 Å². The van der Waals surface area contributed by atoms with Crippen molar-refractivity contribution in [2.75, 3.05) is 0 Å². The summed E-state index contributed by atoms with van der Waals surface area (Å²) in [7, 11) is 0. The molecular formula is C8H4BrCl2O2-. The maximum Gasteiger partial charge on any atom is 0.0584 e. The van der Waals surface area contributed by atoms with Crippen LogP contribution in [0.5, 0.6) is 0 Å². The van der Waals surface area contributed by atoms with E-state index in [9.17, 15) is 9.90 Å². The van der Waals surface area contributed by atoms with Gasteiger partial charge >= 0.3 is 0 Å². The normalized spacial score (nSPS) is 10.1. The van der Waals surface area contributed by atoms with Crippen molar-refractivity contribution in [1.82, 2.24) is 0 Å². The van der Waals surface area contributed by atoms with Crippen molar-refractivity contribution in [3.63, 3.8) is 0 Å². The molecule has 0 unspecified atom stereocenters. The predicted molar refractivity (Wildman–Crippen MR) is 52.9 cm³/mol. The van der Waals surface area contributed by atoms with Crippen LogP contribution in [0.1, 0.15) is 5.56 Å². The molecule has 0 aliphatic rings. The third-order valence-electron chi connectivity index (χ3n) is 1.40. The van der Waals surface area contributed by atoms with E-state index < -0.39 is 5.97 Å². The highest BCUT2D eigenvalue weighted by Crippen LogP contribution is 2.30. The topological polar surface area (TPSA) is 40.1 Å². The van der Waals surface area contributed by atoms with Crippen LogP contribution in [0.2, 0.25) is 10.0 Å². The average Bonchev–Trinajstić information content (AvgIpc) is 1.98. The van der Waals surface area contributed by atoms with Gasteiger partial charge in [0.2, 0.25) is 0 Å². The Morgan fingerprint density at radius 3 is 2.62 bits per heavy atom. The van der Waals surface area contributed by atoms with Crippen molar-refractivity contribution in [3.05, 3.63) is 32.2 Å². The molecule has 0 fully saturated rings. The van der Waals surface area contributed by atoms with Crippen LogP contribution in [-0.2, 0) is 11.2 Å². The van der Waals surface area contributed by atoms with E-state index >= 15 is 0 Å². The molecule has 0 aliphatic heterocycles. The van der Waals surface area contributed by atoms with E-state index in [0.717, 1.165) is 0 Å². The highest BCUT2D eigenvalue weighted by Gasteiger charge is 2.06. The van der Waals surface area contributed by atoms with Crippen LogP contribution in [0.3, 0.4) is 0 Å². The number of benzene rings is 1. The summed E-state index contributed by atoms with van der Waals surface area (Å²) < 4.78 is 0.581. The van der Waals surface area contributed by atoms with Crippen molar-refractivity contribution >= 4 is 45.1 Å². The van der Waals surface area contributed by atoms with Gasteiger partial charge in [0.1, 0.15) is 0 Å². The molecule has 0 atom stereocenters. The highest BCUT2D eigenvalue weighted by molar-refractivity contribution is 9.10. The molecule has 2 nitrogen and oxygen atoms in total. The zero-order valence-corrected chi connectivity index (χ0v) is 9.41. The Kier molecular flexibility index (Phi) is 3.59. The minimum atomic E-state index is -1.18. The molecule has 0 saturated heterocycles. The van der Waals surface area contributed by atoms with Crippen LogP contribution in [0, 0.1) is 0 Å². The van der Waals surface area contributed by atoms with E-state index in [1.165, 1.54) is 6.07 Å². The lowest BCUT2D eigenvalue weighted by molar-refractivity contribution is -0.304. The van der Waals surface area contributed by atoms with E-state index in [1.54, 1.807) is 6.07 Å². The zero-order chi connectivity index (χ0) is 10.0. The van der Waals surface area contributed by atoms with Gasteiger partial charge in [-0.25, -0.2) is 0 Å². The summed E-state index contributed by atoms with van der Waals surface area (Å²) in [6.07, 6.45) is -0.238. The number of halogens is 3. The minimum Gasteiger partial charge on any atom is -0.550 e. The summed E-state index contributed by atoms with van der Waals surface area (Å²) in [4.78, 5) is 10.3. The molecular weight excluding hydrogens is 279 g/mol. The molecule has 1 aromatic carbocycles. The fraction of sp³-hybridized carbons (Fsp3) is 0.125. The van der Waals surface area contributed by atoms with Crippen molar-refractivity contribution in [2.45, 2.75) is 6.42 Å². The maximum atomic E-state index is 10.3. The number of hydrogen-bond donors (Lipinski definition) is 0. The molecule has 1 rings (SSSR count). The van der Waals surface area contributed by atoms with Gasteiger partial charge in [0.05, 0.1) is 5.02 Å². The summed E-state index contributed by atoms with van der Waals surface area (Å²) >= 11 is 14.7. The monoisotopic (exact) mass is 281 g/mol. The first kappa shape index (κ1) is 10.8. The van der Waals surface area contributed by atoms with Crippen molar-refractivity contribution in [1.29, 1.82) is 0 Å². The lowest BCUT2D eigenvalue weighted by Crippen LogP contribution is -2.24. The Bertz CT molecular complexity index is 352.